The van der Waals surface area contributed by atoms with E-state index in [9.17, 15) is 9.59 Å². The van der Waals surface area contributed by atoms with Gasteiger partial charge in [-0.25, -0.2) is 14.6 Å². The van der Waals surface area contributed by atoms with E-state index >= 15 is 0 Å². The summed E-state index contributed by atoms with van der Waals surface area (Å²) in [5.74, 6) is -0.0356. The van der Waals surface area contributed by atoms with Crippen LogP contribution in [-0.4, -0.2) is 55.8 Å². The summed E-state index contributed by atoms with van der Waals surface area (Å²) < 4.78 is 1.99. The Bertz CT molecular complexity index is 452. The third-order valence-corrected chi connectivity index (χ3v) is 4.12. The van der Waals surface area contributed by atoms with Gasteiger partial charge in [-0.2, -0.15) is 0 Å². The van der Waals surface area contributed by atoms with Gasteiger partial charge in [-0.05, 0) is 12.8 Å². The van der Waals surface area contributed by atoms with Crippen LogP contribution in [0.5, 0.6) is 0 Å². The minimum Gasteiger partial charge on any atom is -0.480 e. The summed E-state index contributed by atoms with van der Waals surface area (Å²) in [5.41, 5.74) is 0. The number of aryl methyl sites for hydroxylation is 1. The zero-order valence-electron chi connectivity index (χ0n) is 11.1. The molecular formula is C12H18N4O3S. The summed E-state index contributed by atoms with van der Waals surface area (Å²) in [5, 5.41) is 11.8. The standard InChI is InChI=1S/C12H18N4O3S/c17-11(18)10-7-20-9-16(10)12(19)14-3-1-2-5-15-6-4-13-8-15/h4,6,8,10H,1-3,5,7,9H2,(H,14,19)(H,17,18). The van der Waals surface area contributed by atoms with Gasteiger partial charge < -0.3 is 19.9 Å². The van der Waals surface area contributed by atoms with Gasteiger partial charge in [0.25, 0.3) is 0 Å². The van der Waals surface area contributed by atoms with Gasteiger partial charge in [0.15, 0.2) is 0 Å². The fourth-order valence-electron chi connectivity index (χ4n) is 1.98. The third kappa shape index (κ3) is 3.89. The normalized spacial score (nSPS) is 18.2. The zero-order chi connectivity index (χ0) is 14.4. The average molecular weight is 298 g/mol. The van der Waals surface area contributed by atoms with E-state index in [2.05, 4.69) is 10.3 Å². The second kappa shape index (κ2) is 7.18. The maximum absolute atomic E-state index is 11.9. The number of nitrogens with one attached hydrogen (secondary N) is 1. The molecule has 0 bridgehead atoms. The van der Waals surface area contributed by atoms with E-state index in [1.807, 2.05) is 10.8 Å². The van der Waals surface area contributed by atoms with Crippen molar-refractivity contribution in [2.75, 3.05) is 18.2 Å². The molecule has 0 saturated carbocycles. The van der Waals surface area contributed by atoms with E-state index in [0.717, 1.165) is 19.4 Å². The molecule has 1 aliphatic heterocycles. The van der Waals surface area contributed by atoms with Gasteiger partial charge in [0, 0.05) is 31.2 Å². The minimum absolute atomic E-state index is 0.287. The van der Waals surface area contributed by atoms with Crippen LogP contribution in [0.4, 0.5) is 4.79 Å². The van der Waals surface area contributed by atoms with Gasteiger partial charge >= 0.3 is 12.0 Å². The lowest BCUT2D eigenvalue weighted by molar-refractivity contribution is -0.140. The highest BCUT2D eigenvalue weighted by Gasteiger charge is 2.34. The van der Waals surface area contributed by atoms with Crippen molar-refractivity contribution in [3.05, 3.63) is 18.7 Å². The molecule has 1 unspecified atom stereocenters. The van der Waals surface area contributed by atoms with Gasteiger partial charge in [-0.15, -0.1) is 11.8 Å². The van der Waals surface area contributed by atoms with Crippen molar-refractivity contribution < 1.29 is 14.7 Å². The second-order valence-electron chi connectivity index (χ2n) is 4.56. The Morgan fingerprint density at radius 1 is 1.45 bits per heavy atom. The predicted octanol–water partition coefficient (Wildman–Crippen LogP) is 0.832. The van der Waals surface area contributed by atoms with Crippen LogP contribution in [-0.2, 0) is 11.3 Å². The van der Waals surface area contributed by atoms with Crippen LogP contribution in [0.2, 0.25) is 0 Å². The Morgan fingerprint density at radius 2 is 2.30 bits per heavy atom. The summed E-state index contributed by atoms with van der Waals surface area (Å²) in [4.78, 5) is 28.2. The van der Waals surface area contributed by atoms with E-state index < -0.39 is 12.0 Å². The molecule has 1 atom stereocenters. The summed E-state index contributed by atoms with van der Waals surface area (Å²) in [6, 6.07) is -0.990. The molecule has 0 radical (unpaired) electrons. The highest BCUT2D eigenvalue weighted by atomic mass is 32.2. The monoisotopic (exact) mass is 298 g/mol. The molecule has 2 heterocycles. The molecular weight excluding hydrogens is 280 g/mol. The summed E-state index contributed by atoms with van der Waals surface area (Å²) in [7, 11) is 0. The molecule has 110 valence electrons. The van der Waals surface area contributed by atoms with Crippen LogP contribution in [0.15, 0.2) is 18.7 Å². The number of urea groups is 1. The molecule has 1 aliphatic rings. The summed E-state index contributed by atoms with van der Waals surface area (Å²) in [6.07, 6.45) is 7.18. The van der Waals surface area contributed by atoms with Crippen LogP contribution in [0.3, 0.4) is 0 Å². The molecule has 0 aliphatic carbocycles. The molecule has 1 aromatic rings. The second-order valence-corrected chi connectivity index (χ2v) is 5.56. The topological polar surface area (TPSA) is 87.5 Å². The molecule has 1 saturated heterocycles. The first-order valence-electron chi connectivity index (χ1n) is 6.49. The number of aliphatic carboxylic acids is 1. The number of rotatable bonds is 6. The largest absolute Gasteiger partial charge is 0.480 e. The first-order chi connectivity index (χ1) is 9.68. The predicted molar refractivity (Wildman–Crippen MR) is 75.4 cm³/mol. The van der Waals surface area contributed by atoms with E-state index in [1.165, 1.54) is 16.7 Å². The number of unbranched alkanes of at least 4 members (excludes halogenated alkanes) is 1. The van der Waals surface area contributed by atoms with Gasteiger partial charge in [-0.1, -0.05) is 0 Å². The van der Waals surface area contributed by atoms with Crippen molar-refractivity contribution in [2.45, 2.75) is 25.4 Å². The van der Waals surface area contributed by atoms with Crippen molar-refractivity contribution >= 4 is 23.8 Å². The Hall–Kier alpha value is -1.70. The lowest BCUT2D eigenvalue weighted by Gasteiger charge is -2.20. The Morgan fingerprint density at radius 3 is 3.00 bits per heavy atom. The third-order valence-electron chi connectivity index (χ3n) is 3.11. The molecule has 8 heteroatoms. The van der Waals surface area contributed by atoms with E-state index in [1.54, 1.807) is 12.5 Å². The highest BCUT2D eigenvalue weighted by Crippen LogP contribution is 2.20. The number of thioether (sulfide) groups is 1. The van der Waals surface area contributed by atoms with Gasteiger partial charge in [0.2, 0.25) is 0 Å². The summed E-state index contributed by atoms with van der Waals surface area (Å²) in [6.45, 7) is 1.42. The molecule has 1 aromatic heterocycles. The highest BCUT2D eigenvalue weighted by molar-refractivity contribution is 7.99. The molecule has 0 aromatic carbocycles. The number of nitrogens with zero attached hydrogens (tertiary/aromatic N) is 3. The van der Waals surface area contributed by atoms with E-state index in [0.29, 0.717) is 18.2 Å². The molecule has 2 amide bonds. The maximum atomic E-state index is 11.9. The van der Waals surface area contributed by atoms with Gasteiger partial charge in [0.1, 0.15) is 6.04 Å². The van der Waals surface area contributed by atoms with Crippen molar-refractivity contribution in [2.24, 2.45) is 0 Å². The van der Waals surface area contributed by atoms with Gasteiger partial charge in [-0.3, -0.25) is 0 Å². The van der Waals surface area contributed by atoms with E-state index in [-0.39, 0.29) is 6.03 Å². The fourth-order valence-corrected chi connectivity index (χ4v) is 3.13. The van der Waals surface area contributed by atoms with Gasteiger partial charge in [0.05, 0.1) is 12.2 Å². The molecule has 0 spiro atoms. The number of carbonyl (C=O) groups is 2. The number of imidazole rings is 1. The first-order valence-corrected chi connectivity index (χ1v) is 7.64. The summed E-state index contributed by atoms with van der Waals surface area (Å²) >= 11 is 1.46. The number of carbonyl (C=O) groups excluding carboxylic acids is 1. The number of carboxylic acid groups (broad SMARTS) is 1. The van der Waals surface area contributed by atoms with Crippen molar-refractivity contribution in [1.29, 1.82) is 0 Å². The number of aromatic nitrogens is 2. The number of hydrogen-bond acceptors (Lipinski definition) is 4. The van der Waals surface area contributed by atoms with Crippen molar-refractivity contribution in [3.63, 3.8) is 0 Å². The average Bonchev–Trinajstić information content (AvgIpc) is 3.09. The van der Waals surface area contributed by atoms with E-state index in [4.69, 9.17) is 5.11 Å². The Labute approximate surface area is 121 Å². The SMILES string of the molecule is O=C(O)C1CSCN1C(=O)NCCCCn1ccnc1. The minimum atomic E-state index is -0.940. The molecule has 2 N–H and O–H groups in total. The number of carboxylic acids is 1. The van der Waals surface area contributed by atoms with Crippen molar-refractivity contribution in [3.8, 4) is 0 Å². The van der Waals surface area contributed by atoms with Crippen LogP contribution in [0.25, 0.3) is 0 Å². The lowest BCUT2D eigenvalue weighted by Crippen LogP contribution is -2.47. The lowest BCUT2D eigenvalue weighted by atomic mass is 10.3. The molecule has 20 heavy (non-hydrogen) atoms. The quantitative estimate of drug-likeness (QED) is 0.760. The smallest absolute Gasteiger partial charge is 0.327 e. The van der Waals surface area contributed by atoms with Crippen LogP contribution < -0.4 is 5.32 Å². The van der Waals surface area contributed by atoms with Crippen LogP contribution in [0, 0.1) is 0 Å². The molecule has 2 rings (SSSR count). The zero-order valence-corrected chi connectivity index (χ0v) is 11.9. The first kappa shape index (κ1) is 14.7. The maximum Gasteiger partial charge on any atom is 0.327 e. The Balaban J connectivity index is 1.63. The molecule has 1 fully saturated rings. The molecule has 7 nitrogen and oxygen atoms in total. The van der Waals surface area contributed by atoms with Crippen LogP contribution >= 0.6 is 11.8 Å². The van der Waals surface area contributed by atoms with Crippen LogP contribution in [0.1, 0.15) is 12.8 Å². The van der Waals surface area contributed by atoms with Crippen molar-refractivity contribution in [1.82, 2.24) is 19.8 Å². The fraction of sp³-hybridized carbons (Fsp3) is 0.583. The number of hydrogen-bond donors (Lipinski definition) is 2. The number of amides is 2. The Kier molecular flexibility index (Phi) is 5.28.